The number of esters is 2. The molecule has 4 aromatic rings. The summed E-state index contributed by atoms with van der Waals surface area (Å²) in [6, 6.07) is 14.7. The molecule has 9 heteroatoms. The van der Waals surface area contributed by atoms with Crippen molar-refractivity contribution in [3.05, 3.63) is 76.8 Å². The molecule has 0 saturated heterocycles. The number of ether oxygens (including phenoxy) is 3. The molecule has 5 rings (SSSR count). The first-order chi connectivity index (χ1) is 16.5. The quantitative estimate of drug-likeness (QED) is 0.435. The van der Waals surface area contributed by atoms with E-state index < -0.39 is 17.9 Å². The van der Waals surface area contributed by atoms with Crippen molar-refractivity contribution in [3.8, 4) is 11.5 Å². The Kier molecular flexibility index (Phi) is 5.37. The molecule has 0 spiro atoms. The van der Waals surface area contributed by atoms with Crippen LogP contribution in [0.3, 0.4) is 0 Å². The zero-order chi connectivity index (χ0) is 23.8. The van der Waals surface area contributed by atoms with E-state index >= 15 is 0 Å². The summed E-state index contributed by atoms with van der Waals surface area (Å²) in [4.78, 5) is 34.0. The van der Waals surface area contributed by atoms with Crippen molar-refractivity contribution in [2.75, 3.05) is 12.3 Å². The predicted octanol–water partition coefficient (Wildman–Crippen LogP) is 4.27. The number of fused-ring (bicyclic) bond motifs is 3. The van der Waals surface area contributed by atoms with Gasteiger partial charge < -0.3 is 24.4 Å². The molecule has 0 atom stereocenters. The Morgan fingerprint density at radius 2 is 1.65 bits per heavy atom. The molecule has 3 heterocycles. The van der Waals surface area contributed by atoms with Crippen molar-refractivity contribution in [1.29, 1.82) is 0 Å². The summed E-state index contributed by atoms with van der Waals surface area (Å²) in [5, 5.41) is 0.276. The Bertz CT molecular complexity index is 1380. The molecule has 2 aromatic carbocycles. The van der Waals surface area contributed by atoms with Crippen molar-refractivity contribution in [1.82, 2.24) is 9.97 Å². The predicted molar refractivity (Wildman–Crippen MR) is 122 cm³/mol. The van der Waals surface area contributed by atoms with Gasteiger partial charge in [0.25, 0.3) is 0 Å². The van der Waals surface area contributed by atoms with E-state index in [-0.39, 0.29) is 41.5 Å². The highest BCUT2D eigenvalue weighted by molar-refractivity contribution is 6.07. The Balaban J connectivity index is 1.43. The summed E-state index contributed by atoms with van der Waals surface area (Å²) in [6.07, 6.45) is 0. The Labute approximate surface area is 194 Å². The van der Waals surface area contributed by atoms with Gasteiger partial charge in [0.1, 0.15) is 34.6 Å². The summed E-state index contributed by atoms with van der Waals surface area (Å²) >= 11 is 0. The van der Waals surface area contributed by atoms with Gasteiger partial charge in [-0.25, -0.2) is 9.78 Å². The van der Waals surface area contributed by atoms with E-state index in [0.717, 1.165) is 0 Å². The van der Waals surface area contributed by atoms with Crippen LogP contribution >= 0.6 is 0 Å². The maximum Gasteiger partial charge on any atom is 0.342 e. The number of rotatable bonds is 5. The van der Waals surface area contributed by atoms with Crippen molar-refractivity contribution < 1.29 is 28.2 Å². The number of nitrogens with zero attached hydrogens (tertiary/aromatic N) is 2. The maximum atomic E-state index is 13.2. The molecule has 0 aliphatic carbocycles. The van der Waals surface area contributed by atoms with Crippen LogP contribution in [0, 0.1) is 6.92 Å². The zero-order valence-corrected chi connectivity index (χ0v) is 18.5. The van der Waals surface area contributed by atoms with Gasteiger partial charge in [0.05, 0.1) is 12.0 Å². The lowest BCUT2D eigenvalue weighted by atomic mass is 9.88. The molecule has 0 unspecified atom stereocenters. The van der Waals surface area contributed by atoms with Crippen LogP contribution in [-0.2, 0) is 20.9 Å². The SMILES string of the molecule is CCOC(=O)c1c(C)oc2nc(COC(=O)C3c4ccccc4Oc4ccccc43)nc(N)c12. The van der Waals surface area contributed by atoms with Gasteiger partial charge in [0.15, 0.2) is 12.4 Å². The van der Waals surface area contributed by atoms with Crippen molar-refractivity contribution >= 4 is 28.9 Å². The first-order valence-corrected chi connectivity index (χ1v) is 10.7. The van der Waals surface area contributed by atoms with Crippen LogP contribution in [0.15, 0.2) is 52.9 Å². The largest absolute Gasteiger partial charge is 0.462 e. The molecule has 1 aliphatic rings. The highest BCUT2D eigenvalue weighted by Crippen LogP contribution is 2.44. The van der Waals surface area contributed by atoms with Gasteiger partial charge in [0.2, 0.25) is 5.71 Å². The first kappa shape index (κ1) is 21.4. The fourth-order valence-electron chi connectivity index (χ4n) is 4.08. The minimum absolute atomic E-state index is 0.0395. The number of hydrogen-bond donors (Lipinski definition) is 1. The monoisotopic (exact) mass is 459 g/mol. The molecule has 34 heavy (non-hydrogen) atoms. The number of hydrogen-bond acceptors (Lipinski definition) is 9. The summed E-state index contributed by atoms with van der Waals surface area (Å²) in [5.74, 6) is -0.0000129. The number of aromatic nitrogens is 2. The summed E-state index contributed by atoms with van der Waals surface area (Å²) < 4.78 is 22.2. The zero-order valence-electron chi connectivity index (χ0n) is 18.5. The lowest BCUT2D eigenvalue weighted by Gasteiger charge is -2.26. The molecule has 1 aliphatic heterocycles. The lowest BCUT2D eigenvalue weighted by Crippen LogP contribution is -2.21. The molecule has 0 amide bonds. The third-order valence-electron chi connectivity index (χ3n) is 5.54. The van der Waals surface area contributed by atoms with Crippen LogP contribution in [0.2, 0.25) is 0 Å². The van der Waals surface area contributed by atoms with Gasteiger partial charge in [-0.2, -0.15) is 4.98 Å². The molecule has 9 nitrogen and oxygen atoms in total. The normalized spacial score (nSPS) is 12.5. The van der Waals surface area contributed by atoms with E-state index in [4.69, 9.17) is 24.4 Å². The van der Waals surface area contributed by atoms with Crippen LogP contribution in [0.25, 0.3) is 11.1 Å². The summed E-state index contributed by atoms with van der Waals surface area (Å²) in [7, 11) is 0. The third-order valence-corrected chi connectivity index (χ3v) is 5.54. The minimum Gasteiger partial charge on any atom is -0.462 e. The number of para-hydroxylation sites is 2. The van der Waals surface area contributed by atoms with Crippen LogP contribution in [0.5, 0.6) is 11.5 Å². The average Bonchev–Trinajstić information content (AvgIpc) is 3.17. The molecule has 2 N–H and O–H groups in total. The molecule has 0 radical (unpaired) electrons. The number of benzene rings is 2. The van der Waals surface area contributed by atoms with Crippen LogP contribution < -0.4 is 10.5 Å². The van der Waals surface area contributed by atoms with Gasteiger partial charge >= 0.3 is 11.9 Å². The number of carbonyl (C=O) groups excluding carboxylic acids is 2. The minimum atomic E-state index is -0.663. The summed E-state index contributed by atoms with van der Waals surface area (Å²) in [6.45, 7) is 3.30. The number of nitrogens with two attached hydrogens (primary N) is 1. The Hall–Kier alpha value is -4.40. The summed E-state index contributed by atoms with van der Waals surface area (Å²) in [5.41, 5.74) is 7.84. The number of anilines is 1. The molecule has 0 bridgehead atoms. The second-order valence-corrected chi connectivity index (χ2v) is 7.68. The lowest BCUT2D eigenvalue weighted by molar-refractivity contribution is -0.146. The van der Waals surface area contributed by atoms with Gasteiger partial charge in [-0.1, -0.05) is 36.4 Å². The molecule has 0 fully saturated rings. The number of nitrogen functional groups attached to an aromatic ring is 1. The molecular weight excluding hydrogens is 438 g/mol. The highest BCUT2D eigenvalue weighted by Gasteiger charge is 2.34. The fourth-order valence-corrected chi connectivity index (χ4v) is 4.08. The van der Waals surface area contributed by atoms with Crippen LogP contribution in [0.1, 0.15) is 45.9 Å². The van der Waals surface area contributed by atoms with Gasteiger partial charge in [0, 0.05) is 11.1 Å². The first-order valence-electron chi connectivity index (χ1n) is 10.7. The molecule has 2 aromatic heterocycles. The van der Waals surface area contributed by atoms with Crippen LogP contribution in [-0.4, -0.2) is 28.5 Å². The number of furan rings is 1. The topological polar surface area (TPSA) is 127 Å². The third kappa shape index (κ3) is 3.61. The van der Waals surface area contributed by atoms with Gasteiger partial charge in [-0.3, -0.25) is 4.79 Å². The van der Waals surface area contributed by atoms with E-state index in [2.05, 4.69) is 9.97 Å². The molecule has 0 saturated carbocycles. The molecule has 172 valence electrons. The van der Waals surface area contributed by atoms with Gasteiger partial charge in [-0.05, 0) is 26.0 Å². The Morgan fingerprint density at radius 1 is 1.00 bits per heavy atom. The highest BCUT2D eigenvalue weighted by atomic mass is 16.5. The van der Waals surface area contributed by atoms with E-state index in [1.807, 2.05) is 48.5 Å². The molecular formula is C25H21N3O6. The number of carbonyl (C=O) groups is 2. The number of aryl methyl sites for hydroxylation is 1. The second-order valence-electron chi connectivity index (χ2n) is 7.68. The smallest absolute Gasteiger partial charge is 0.342 e. The standard InChI is InChI=1S/C25H21N3O6/c1-3-31-24(29)19-13(2)33-23-21(19)22(26)27-18(28-23)12-32-25(30)20-14-8-4-6-10-16(14)34-17-11-7-5-9-15(17)20/h4-11,20H,3,12H2,1-2H3,(H2,26,27,28). The van der Waals surface area contributed by atoms with E-state index in [0.29, 0.717) is 28.4 Å². The van der Waals surface area contributed by atoms with Crippen molar-refractivity contribution in [3.63, 3.8) is 0 Å². The maximum absolute atomic E-state index is 13.2. The van der Waals surface area contributed by atoms with E-state index in [9.17, 15) is 9.59 Å². The average molecular weight is 459 g/mol. The second kappa shape index (κ2) is 8.51. The van der Waals surface area contributed by atoms with Crippen LogP contribution in [0.4, 0.5) is 5.82 Å². The van der Waals surface area contributed by atoms with Gasteiger partial charge in [-0.15, -0.1) is 0 Å². The Morgan fingerprint density at radius 3 is 2.29 bits per heavy atom. The van der Waals surface area contributed by atoms with E-state index in [1.165, 1.54) is 0 Å². The fraction of sp³-hybridized carbons (Fsp3) is 0.200. The van der Waals surface area contributed by atoms with Crippen molar-refractivity contribution in [2.24, 2.45) is 0 Å². The van der Waals surface area contributed by atoms with Crippen molar-refractivity contribution in [2.45, 2.75) is 26.4 Å². The van der Waals surface area contributed by atoms with E-state index in [1.54, 1.807) is 13.8 Å².